The van der Waals surface area contributed by atoms with Crippen LogP contribution in [0.15, 0.2) is 60.7 Å². The summed E-state index contributed by atoms with van der Waals surface area (Å²) in [6.07, 6.45) is 4.55. The first-order chi connectivity index (χ1) is 8.43. The summed E-state index contributed by atoms with van der Waals surface area (Å²) in [7, 11) is 0. The lowest BCUT2D eigenvalue weighted by Gasteiger charge is -2.19. The Labute approximate surface area is 102 Å². The van der Waals surface area contributed by atoms with Crippen molar-refractivity contribution in [1.29, 1.82) is 0 Å². The molecule has 0 unspecified atom stereocenters. The van der Waals surface area contributed by atoms with Crippen LogP contribution in [0.3, 0.4) is 0 Å². The van der Waals surface area contributed by atoms with Gasteiger partial charge in [0.25, 0.3) is 0 Å². The van der Waals surface area contributed by atoms with Crippen molar-refractivity contribution in [3.63, 3.8) is 0 Å². The second-order valence-corrected chi connectivity index (χ2v) is 4.30. The lowest BCUT2D eigenvalue weighted by Crippen LogP contribution is -2.06. The molecular formula is C16H15N. The van der Waals surface area contributed by atoms with Crippen LogP contribution in [0.1, 0.15) is 17.5 Å². The van der Waals surface area contributed by atoms with E-state index in [2.05, 4.69) is 59.9 Å². The van der Waals surface area contributed by atoms with Crippen molar-refractivity contribution in [1.82, 2.24) is 0 Å². The van der Waals surface area contributed by atoms with Crippen LogP contribution in [-0.4, -0.2) is 0 Å². The van der Waals surface area contributed by atoms with Crippen LogP contribution in [0, 0.1) is 0 Å². The fourth-order valence-corrected chi connectivity index (χ4v) is 2.28. The molecule has 1 nitrogen and oxygen atoms in total. The molecule has 0 saturated heterocycles. The van der Waals surface area contributed by atoms with Crippen LogP contribution >= 0.6 is 0 Å². The first-order valence-corrected chi connectivity index (χ1v) is 6.04. The van der Waals surface area contributed by atoms with Crippen molar-refractivity contribution in [3.8, 4) is 0 Å². The summed E-state index contributed by atoms with van der Waals surface area (Å²) in [5.41, 5.74) is 5.16. The molecule has 2 aromatic carbocycles. The van der Waals surface area contributed by atoms with Crippen molar-refractivity contribution >= 4 is 11.4 Å². The maximum Gasteiger partial charge on any atom is 0.0420 e. The third-order valence-electron chi connectivity index (χ3n) is 3.12. The number of para-hydroxylation sites is 1. The summed E-state index contributed by atoms with van der Waals surface area (Å²) in [5.74, 6) is 0. The number of fused-ring (bicyclic) bond motifs is 1. The van der Waals surface area contributed by atoms with Gasteiger partial charge in [0, 0.05) is 16.9 Å². The molecule has 1 heteroatoms. The second-order valence-electron chi connectivity index (χ2n) is 4.30. The highest BCUT2D eigenvalue weighted by atomic mass is 14.9. The van der Waals surface area contributed by atoms with E-state index in [1.165, 1.54) is 16.8 Å². The zero-order valence-corrected chi connectivity index (χ0v) is 9.69. The fraction of sp³-hybridized carbons (Fsp3) is 0.125. The minimum atomic E-state index is 1.12. The van der Waals surface area contributed by atoms with Gasteiger partial charge in [0.1, 0.15) is 0 Å². The Kier molecular flexibility index (Phi) is 2.66. The number of nitrogens with one attached hydrogen (secondary N) is 1. The minimum Gasteiger partial charge on any atom is -0.355 e. The predicted octanol–water partition coefficient (Wildman–Crippen LogP) is 4.09. The Hall–Kier alpha value is -2.02. The van der Waals surface area contributed by atoms with Gasteiger partial charge in [0.2, 0.25) is 0 Å². The number of allylic oxidation sites excluding steroid dienone is 1. The Morgan fingerprint density at radius 3 is 2.47 bits per heavy atom. The number of rotatable bonds is 2. The van der Waals surface area contributed by atoms with E-state index >= 15 is 0 Å². The van der Waals surface area contributed by atoms with Gasteiger partial charge in [0.05, 0.1) is 0 Å². The van der Waals surface area contributed by atoms with Gasteiger partial charge in [-0.1, -0.05) is 48.5 Å². The first kappa shape index (κ1) is 10.2. The van der Waals surface area contributed by atoms with Gasteiger partial charge >= 0.3 is 0 Å². The van der Waals surface area contributed by atoms with Gasteiger partial charge in [-0.05, 0) is 30.5 Å². The molecule has 1 aliphatic carbocycles. The maximum absolute atomic E-state index is 3.50. The molecule has 0 spiro atoms. The predicted molar refractivity (Wildman–Crippen MR) is 72.8 cm³/mol. The van der Waals surface area contributed by atoms with Crippen molar-refractivity contribution in [2.45, 2.75) is 12.8 Å². The molecule has 1 N–H and O–H groups in total. The highest BCUT2D eigenvalue weighted by Crippen LogP contribution is 2.27. The molecule has 0 atom stereocenters. The molecule has 0 saturated carbocycles. The quantitative estimate of drug-likeness (QED) is 0.805. The first-order valence-electron chi connectivity index (χ1n) is 6.04. The van der Waals surface area contributed by atoms with Crippen molar-refractivity contribution < 1.29 is 0 Å². The van der Waals surface area contributed by atoms with E-state index < -0.39 is 0 Å². The smallest absolute Gasteiger partial charge is 0.0420 e. The van der Waals surface area contributed by atoms with Gasteiger partial charge in [-0.2, -0.15) is 0 Å². The normalized spacial score (nSPS) is 13.8. The molecule has 0 radical (unpaired) electrons. The van der Waals surface area contributed by atoms with Crippen LogP contribution < -0.4 is 5.32 Å². The molecule has 0 aliphatic heterocycles. The largest absolute Gasteiger partial charge is 0.355 e. The highest BCUT2D eigenvalue weighted by Gasteiger charge is 2.11. The van der Waals surface area contributed by atoms with E-state index in [0.717, 1.165) is 18.5 Å². The number of hydrogen-bond donors (Lipinski definition) is 1. The topological polar surface area (TPSA) is 12.0 Å². The average Bonchev–Trinajstić information content (AvgIpc) is 2.40. The Balaban J connectivity index is 1.92. The van der Waals surface area contributed by atoms with Gasteiger partial charge in [-0.3, -0.25) is 0 Å². The molecule has 3 rings (SSSR count). The van der Waals surface area contributed by atoms with E-state index in [-0.39, 0.29) is 0 Å². The lowest BCUT2D eigenvalue weighted by molar-refractivity contribution is 0.976. The number of hydrogen-bond acceptors (Lipinski definition) is 1. The molecule has 2 aromatic rings. The summed E-state index contributed by atoms with van der Waals surface area (Å²) in [4.78, 5) is 0. The van der Waals surface area contributed by atoms with E-state index in [1.807, 2.05) is 6.07 Å². The van der Waals surface area contributed by atoms with E-state index in [9.17, 15) is 0 Å². The van der Waals surface area contributed by atoms with Crippen LogP contribution in [0.25, 0.3) is 5.70 Å². The van der Waals surface area contributed by atoms with Crippen LogP contribution in [0.5, 0.6) is 0 Å². The second kappa shape index (κ2) is 4.46. The zero-order chi connectivity index (χ0) is 11.5. The van der Waals surface area contributed by atoms with Gasteiger partial charge in [-0.25, -0.2) is 0 Å². The summed E-state index contributed by atoms with van der Waals surface area (Å²) in [6, 6.07) is 19.0. The Morgan fingerprint density at radius 2 is 1.59 bits per heavy atom. The van der Waals surface area contributed by atoms with E-state index in [1.54, 1.807) is 0 Å². The molecule has 0 amide bonds. The highest BCUT2D eigenvalue weighted by molar-refractivity contribution is 5.79. The molecule has 0 bridgehead atoms. The number of aryl methyl sites for hydroxylation is 1. The molecule has 84 valence electrons. The molecule has 17 heavy (non-hydrogen) atoms. The SMILES string of the molecule is C1=C(Nc2ccccc2)c2ccccc2CC1. The van der Waals surface area contributed by atoms with Crippen molar-refractivity contribution in [2.75, 3.05) is 5.32 Å². The molecule has 0 fully saturated rings. The summed E-state index contributed by atoms with van der Waals surface area (Å²) < 4.78 is 0. The fourth-order valence-electron chi connectivity index (χ4n) is 2.28. The molecule has 1 aliphatic rings. The van der Waals surface area contributed by atoms with Crippen LogP contribution in [0.2, 0.25) is 0 Å². The van der Waals surface area contributed by atoms with E-state index in [4.69, 9.17) is 0 Å². The monoisotopic (exact) mass is 221 g/mol. The Bertz CT molecular complexity index is 540. The summed E-state index contributed by atoms with van der Waals surface area (Å²) >= 11 is 0. The van der Waals surface area contributed by atoms with Crippen LogP contribution in [-0.2, 0) is 6.42 Å². The molecule has 0 heterocycles. The minimum absolute atomic E-state index is 1.12. The third kappa shape index (κ3) is 2.09. The summed E-state index contributed by atoms with van der Waals surface area (Å²) in [5, 5.41) is 3.50. The standard InChI is InChI=1S/C16H15N/c1-2-9-14(10-3-1)17-16-12-6-8-13-7-4-5-11-15(13)16/h1-5,7,9-12,17H,6,8H2. The third-order valence-corrected chi connectivity index (χ3v) is 3.12. The Morgan fingerprint density at radius 1 is 0.824 bits per heavy atom. The van der Waals surface area contributed by atoms with Gasteiger partial charge in [0.15, 0.2) is 0 Å². The van der Waals surface area contributed by atoms with E-state index in [0.29, 0.717) is 0 Å². The zero-order valence-electron chi connectivity index (χ0n) is 9.69. The average molecular weight is 221 g/mol. The van der Waals surface area contributed by atoms with Gasteiger partial charge < -0.3 is 5.32 Å². The maximum atomic E-state index is 3.50. The van der Waals surface area contributed by atoms with Gasteiger partial charge in [-0.15, -0.1) is 0 Å². The number of benzene rings is 2. The van der Waals surface area contributed by atoms with Crippen molar-refractivity contribution in [2.24, 2.45) is 0 Å². The number of anilines is 1. The summed E-state index contributed by atoms with van der Waals surface area (Å²) in [6.45, 7) is 0. The molecular weight excluding hydrogens is 206 g/mol. The van der Waals surface area contributed by atoms with Crippen molar-refractivity contribution in [3.05, 3.63) is 71.8 Å². The lowest BCUT2D eigenvalue weighted by atomic mass is 9.94. The van der Waals surface area contributed by atoms with Crippen LogP contribution in [0.4, 0.5) is 5.69 Å². The molecule has 0 aromatic heterocycles.